The van der Waals surface area contributed by atoms with Crippen LogP contribution in [0.4, 0.5) is 0 Å². The molecular weight excluding hydrogens is 466 g/mol. The maximum absolute atomic E-state index is 13.1. The predicted octanol–water partition coefficient (Wildman–Crippen LogP) is 5.02. The number of carboxylic acid groups (broad SMARTS) is 1. The summed E-state index contributed by atoms with van der Waals surface area (Å²) >= 11 is 6.66. The Kier molecular flexibility index (Phi) is 5.41. The summed E-state index contributed by atoms with van der Waals surface area (Å²) < 4.78 is 2.37. The van der Waals surface area contributed by atoms with Crippen molar-refractivity contribution in [3.63, 3.8) is 0 Å². The topological polar surface area (TPSA) is 75.4 Å². The summed E-state index contributed by atoms with van der Waals surface area (Å²) in [7, 11) is 0. The Morgan fingerprint density at radius 2 is 1.79 bits per heavy atom. The second-order valence-electron chi connectivity index (χ2n) is 10.4. The molecule has 0 spiro atoms. The molecule has 0 atom stereocenters. The first kappa shape index (κ1) is 22.0. The third-order valence-electron chi connectivity index (χ3n) is 8.01. The Hall–Kier alpha value is -2.45. The van der Waals surface area contributed by atoms with Crippen molar-refractivity contribution in [1.82, 2.24) is 14.7 Å². The Bertz CT molecular complexity index is 1170. The number of benzene rings is 1. The fraction of sp³-hybridized carbons (Fsp3) is 0.462. The highest BCUT2D eigenvalue weighted by Crippen LogP contribution is 2.61. The molecule has 4 saturated carbocycles. The highest BCUT2D eigenvalue weighted by atomic mass is 32.2. The lowest BCUT2D eigenvalue weighted by molar-refractivity contribution is -0.137. The summed E-state index contributed by atoms with van der Waals surface area (Å²) in [6.45, 7) is 0.0997. The molecule has 2 aromatic rings. The standard InChI is InChI=1S/C26H27N3O3S2/c30-22(31)6-7-28-24(32)21(34-25(28)33)11-19-15-29(20-4-2-1-3-5-20)27-23(19)26-12-16-8-17(13-26)10-18(9-16)14-26/h1-5,11,15-18H,6-10,12-14H2,(H,30,31). The zero-order valence-electron chi connectivity index (χ0n) is 18.9. The van der Waals surface area contributed by atoms with Crippen molar-refractivity contribution >= 4 is 46.3 Å². The van der Waals surface area contributed by atoms with E-state index in [4.69, 9.17) is 22.4 Å². The molecule has 5 fully saturated rings. The van der Waals surface area contributed by atoms with Gasteiger partial charge in [0.1, 0.15) is 4.32 Å². The largest absolute Gasteiger partial charge is 0.481 e. The summed E-state index contributed by atoms with van der Waals surface area (Å²) in [6.07, 6.45) is 11.5. The summed E-state index contributed by atoms with van der Waals surface area (Å²) in [5.41, 5.74) is 3.19. The molecular formula is C26H27N3O3S2. The number of amides is 1. The smallest absolute Gasteiger partial charge is 0.305 e. The van der Waals surface area contributed by atoms with E-state index in [0.717, 1.165) is 34.7 Å². The van der Waals surface area contributed by atoms with Gasteiger partial charge in [-0.05, 0) is 74.5 Å². The van der Waals surface area contributed by atoms with Gasteiger partial charge in [0, 0.05) is 23.7 Å². The van der Waals surface area contributed by atoms with Crippen molar-refractivity contribution in [1.29, 1.82) is 0 Å². The molecule has 4 aliphatic carbocycles. The van der Waals surface area contributed by atoms with Gasteiger partial charge in [-0.1, -0.05) is 42.2 Å². The van der Waals surface area contributed by atoms with Gasteiger partial charge >= 0.3 is 5.97 Å². The second kappa shape index (κ2) is 8.34. The number of para-hydroxylation sites is 1. The van der Waals surface area contributed by atoms with Crippen LogP contribution in [0.15, 0.2) is 41.4 Å². The molecule has 176 valence electrons. The molecule has 7 rings (SSSR count). The van der Waals surface area contributed by atoms with Gasteiger partial charge in [-0.15, -0.1) is 0 Å². The summed E-state index contributed by atoms with van der Waals surface area (Å²) in [4.78, 5) is 26.1. The van der Waals surface area contributed by atoms with E-state index in [9.17, 15) is 9.59 Å². The van der Waals surface area contributed by atoms with Gasteiger partial charge in [-0.3, -0.25) is 14.5 Å². The van der Waals surface area contributed by atoms with Crippen LogP contribution in [0.3, 0.4) is 0 Å². The number of carboxylic acids is 1. The first-order valence-electron chi connectivity index (χ1n) is 12.0. The number of carbonyl (C=O) groups is 2. The molecule has 8 heteroatoms. The van der Waals surface area contributed by atoms with Crippen molar-refractivity contribution in [2.24, 2.45) is 17.8 Å². The van der Waals surface area contributed by atoms with E-state index in [2.05, 4.69) is 0 Å². The van der Waals surface area contributed by atoms with Crippen molar-refractivity contribution in [3.8, 4) is 5.69 Å². The van der Waals surface area contributed by atoms with Crippen LogP contribution in [-0.4, -0.2) is 42.5 Å². The number of thiocarbonyl (C=S) groups is 1. The molecule has 1 aliphatic heterocycles. The fourth-order valence-electron chi connectivity index (χ4n) is 7.06. The molecule has 0 radical (unpaired) electrons. The van der Waals surface area contributed by atoms with Crippen LogP contribution in [0.2, 0.25) is 0 Å². The lowest BCUT2D eigenvalue weighted by Gasteiger charge is -2.56. The Balaban J connectivity index is 1.40. The van der Waals surface area contributed by atoms with Crippen molar-refractivity contribution in [3.05, 3.63) is 52.7 Å². The lowest BCUT2D eigenvalue weighted by atomic mass is 9.48. The minimum absolute atomic E-state index is 0.0804. The van der Waals surface area contributed by atoms with E-state index >= 15 is 0 Å². The minimum atomic E-state index is -0.939. The second-order valence-corrected chi connectivity index (χ2v) is 12.1. The van der Waals surface area contributed by atoms with Gasteiger partial charge in [0.25, 0.3) is 5.91 Å². The number of aromatic nitrogens is 2. The van der Waals surface area contributed by atoms with Crippen molar-refractivity contribution < 1.29 is 14.7 Å². The SMILES string of the molecule is O=C(O)CCN1C(=O)C(=Cc2cn(-c3ccccc3)nc2C23CC4CC(CC(C4)C2)C3)SC1=S. The number of hydrogen-bond donors (Lipinski definition) is 1. The maximum atomic E-state index is 13.1. The molecule has 34 heavy (non-hydrogen) atoms. The monoisotopic (exact) mass is 493 g/mol. The third kappa shape index (κ3) is 3.81. The minimum Gasteiger partial charge on any atom is -0.481 e. The molecule has 0 unspecified atom stereocenters. The highest BCUT2D eigenvalue weighted by molar-refractivity contribution is 8.26. The van der Waals surface area contributed by atoms with Crippen LogP contribution in [-0.2, 0) is 15.0 Å². The molecule has 5 aliphatic rings. The zero-order chi connectivity index (χ0) is 23.4. The normalized spacial score (nSPS) is 31.1. The zero-order valence-corrected chi connectivity index (χ0v) is 20.5. The summed E-state index contributed by atoms with van der Waals surface area (Å²) in [5.74, 6) is 1.21. The molecule has 1 N–H and O–H groups in total. The molecule has 4 bridgehead atoms. The average Bonchev–Trinajstić information content (AvgIpc) is 3.34. The van der Waals surface area contributed by atoms with E-state index in [0.29, 0.717) is 9.23 Å². The summed E-state index contributed by atoms with van der Waals surface area (Å²) in [5, 5.41) is 14.2. The first-order chi connectivity index (χ1) is 16.4. The molecule has 1 saturated heterocycles. The lowest BCUT2D eigenvalue weighted by Crippen LogP contribution is -2.49. The van der Waals surface area contributed by atoms with Gasteiger partial charge in [-0.25, -0.2) is 4.68 Å². The average molecular weight is 494 g/mol. The van der Waals surface area contributed by atoms with E-state index in [1.54, 1.807) is 0 Å². The molecule has 2 heterocycles. The van der Waals surface area contributed by atoms with Crippen LogP contribution < -0.4 is 0 Å². The van der Waals surface area contributed by atoms with Crippen LogP contribution in [0, 0.1) is 17.8 Å². The van der Waals surface area contributed by atoms with Crippen LogP contribution in [0.1, 0.15) is 56.2 Å². The van der Waals surface area contributed by atoms with Crippen molar-refractivity contribution in [2.45, 2.75) is 50.4 Å². The number of thioether (sulfide) groups is 1. The van der Waals surface area contributed by atoms with E-state index < -0.39 is 5.97 Å². The third-order valence-corrected chi connectivity index (χ3v) is 9.39. The Morgan fingerprint density at radius 1 is 1.15 bits per heavy atom. The van der Waals surface area contributed by atoms with E-state index in [1.807, 2.05) is 47.3 Å². The number of rotatable bonds is 6. The quantitative estimate of drug-likeness (QED) is 0.450. The Morgan fingerprint density at radius 3 is 2.41 bits per heavy atom. The van der Waals surface area contributed by atoms with Crippen molar-refractivity contribution in [2.75, 3.05) is 6.54 Å². The van der Waals surface area contributed by atoms with E-state index in [-0.39, 0.29) is 24.3 Å². The number of carbonyl (C=O) groups excluding carboxylic acids is 1. The molecule has 1 aromatic heterocycles. The fourth-order valence-corrected chi connectivity index (χ4v) is 8.36. The van der Waals surface area contributed by atoms with Gasteiger partial charge in [0.15, 0.2) is 0 Å². The number of aliphatic carboxylic acids is 1. The van der Waals surface area contributed by atoms with Gasteiger partial charge < -0.3 is 5.11 Å². The van der Waals surface area contributed by atoms with Gasteiger partial charge in [-0.2, -0.15) is 5.10 Å². The van der Waals surface area contributed by atoms with Crippen LogP contribution in [0.5, 0.6) is 0 Å². The van der Waals surface area contributed by atoms with E-state index in [1.165, 1.54) is 55.2 Å². The molecule has 1 amide bonds. The summed E-state index contributed by atoms with van der Waals surface area (Å²) in [6, 6.07) is 10.1. The molecule has 6 nitrogen and oxygen atoms in total. The highest BCUT2D eigenvalue weighted by Gasteiger charge is 2.53. The van der Waals surface area contributed by atoms with Crippen LogP contribution in [0.25, 0.3) is 11.8 Å². The predicted molar refractivity (Wildman–Crippen MR) is 136 cm³/mol. The molecule has 1 aromatic carbocycles. The Labute approximate surface area is 208 Å². The maximum Gasteiger partial charge on any atom is 0.305 e. The number of nitrogens with zero attached hydrogens (tertiary/aromatic N) is 3. The van der Waals surface area contributed by atoms with Gasteiger partial charge in [0.05, 0.1) is 22.7 Å². The van der Waals surface area contributed by atoms with Crippen LogP contribution >= 0.6 is 24.0 Å². The van der Waals surface area contributed by atoms with Gasteiger partial charge in [0.2, 0.25) is 0 Å². The first-order valence-corrected chi connectivity index (χ1v) is 13.3. The number of hydrogen-bond acceptors (Lipinski definition) is 5.